The Morgan fingerprint density at radius 2 is 1.67 bits per heavy atom. The Hall–Kier alpha value is 0.860. The summed E-state index contributed by atoms with van der Waals surface area (Å²) in [6.45, 7) is 2.09. The Balaban J connectivity index is 0. The van der Waals surface area contributed by atoms with Gasteiger partial charge in [0.1, 0.15) is 0 Å². The summed E-state index contributed by atoms with van der Waals surface area (Å²) in [6.07, 6.45) is 1.17. The van der Waals surface area contributed by atoms with Gasteiger partial charge < -0.3 is 0 Å². The van der Waals surface area contributed by atoms with Crippen LogP contribution < -0.4 is 0 Å². The molecular weight excluding hydrogens is 262 g/mol. The SMILES string of the molecule is CCP.I.c1ccsc1. The van der Waals surface area contributed by atoms with Gasteiger partial charge in [-0.1, -0.05) is 19.1 Å². The number of thiophene rings is 1. The molecule has 1 aromatic heterocycles. The van der Waals surface area contributed by atoms with Crippen LogP contribution in [0.25, 0.3) is 0 Å². The van der Waals surface area contributed by atoms with Crippen molar-refractivity contribution in [2.24, 2.45) is 0 Å². The van der Waals surface area contributed by atoms with Crippen LogP contribution in [0.4, 0.5) is 0 Å². The molecule has 1 heterocycles. The molecule has 0 aliphatic rings. The summed E-state index contributed by atoms with van der Waals surface area (Å²) in [5.74, 6) is 0. The second-order valence-electron chi connectivity index (χ2n) is 1.20. The van der Waals surface area contributed by atoms with E-state index in [1.807, 2.05) is 22.9 Å². The fraction of sp³-hybridized carbons (Fsp3) is 0.333. The fourth-order valence-electron chi connectivity index (χ4n) is 0.227. The van der Waals surface area contributed by atoms with Crippen LogP contribution in [0.5, 0.6) is 0 Å². The summed E-state index contributed by atoms with van der Waals surface area (Å²) in [6, 6.07) is 4.04. The Kier molecular flexibility index (Phi) is 16.2. The minimum absolute atomic E-state index is 0. The first-order valence-electron chi connectivity index (χ1n) is 2.59. The molecule has 0 aliphatic heterocycles. The van der Waals surface area contributed by atoms with Crippen molar-refractivity contribution in [3.63, 3.8) is 0 Å². The third kappa shape index (κ3) is 12.1. The van der Waals surface area contributed by atoms with E-state index in [0.29, 0.717) is 0 Å². The molecule has 0 spiro atoms. The van der Waals surface area contributed by atoms with E-state index in [-0.39, 0.29) is 24.0 Å². The monoisotopic (exact) mass is 274 g/mol. The fourth-order valence-corrected chi connectivity index (χ4v) is 0.680. The summed E-state index contributed by atoms with van der Waals surface area (Å²) < 4.78 is 0. The van der Waals surface area contributed by atoms with Crippen LogP contribution in [0, 0.1) is 0 Å². The van der Waals surface area contributed by atoms with E-state index in [1.54, 1.807) is 11.3 Å². The lowest BCUT2D eigenvalue weighted by atomic mass is 10.7. The first-order valence-corrected chi connectivity index (χ1v) is 4.35. The van der Waals surface area contributed by atoms with E-state index in [2.05, 4.69) is 16.2 Å². The molecule has 1 rings (SSSR count). The van der Waals surface area contributed by atoms with Gasteiger partial charge in [0, 0.05) is 0 Å². The highest BCUT2D eigenvalue weighted by Crippen LogP contribution is 1.91. The Labute approximate surface area is 80.3 Å². The van der Waals surface area contributed by atoms with Gasteiger partial charge in [0.25, 0.3) is 0 Å². The van der Waals surface area contributed by atoms with Gasteiger partial charge in [-0.25, -0.2) is 0 Å². The van der Waals surface area contributed by atoms with E-state index in [4.69, 9.17) is 0 Å². The maximum absolute atomic E-state index is 2.58. The van der Waals surface area contributed by atoms with Crippen LogP contribution in [0.1, 0.15) is 6.92 Å². The second kappa shape index (κ2) is 11.6. The summed E-state index contributed by atoms with van der Waals surface area (Å²) in [4.78, 5) is 0. The van der Waals surface area contributed by atoms with Crippen molar-refractivity contribution >= 4 is 44.6 Å². The molecule has 1 unspecified atom stereocenters. The highest BCUT2D eigenvalue weighted by atomic mass is 127. The topological polar surface area (TPSA) is 0 Å². The molecule has 0 N–H and O–H groups in total. The molecule has 0 amide bonds. The van der Waals surface area contributed by atoms with Gasteiger partial charge in [0.2, 0.25) is 0 Å². The lowest BCUT2D eigenvalue weighted by Gasteiger charge is -1.48. The van der Waals surface area contributed by atoms with Gasteiger partial charge >= 0.3 is 0 Å². The van der Waals surface area contributed by atoms with E-state index < -0.39 is 0 Å². The lowest BCUT2D eigenvalue weighted by Crippen LogP contribution is -1.33. The molecule has 54 valence electrons. The molecule has 9 heavy (non-hydrogen) atoms. The highest BCUT2D eigenvalue weighted by molar-refractivity contribution is 14.0. The molecule has 3 heteroatoms. The molecular formula is C6H12IPS. The molecule has 0 aliphatic carbocycles. The first-order chi connectivity index (χ1) is 3.91. The summed E-state index contributed by atoms with van der Waals surface area (Å²) in [5, 5.41) is 4.08. The Morgan fingerprint density at radius 1 is 1.33 bits per heavy atom. The van der Waals surface area contributed by atoms with Gasteiger partial charge in [-0.2, -0.15) is 11.3 Å². The molecule has 0 fully saturated rings. The number of halogens is 1. The van der Waals surface area contributed by atoms with Crippen LogP contribution in [0.2, 0.25) is 0 Å². The van der Waals surface area contributed by atoms with Gasteiger partial charge in [0.15, 0.2) is 0 Å². The van der Waals surface area contributed by atoms with E-state index in [0.717, 1.165) is 0 Å². The second-order valence-corrected chi connectivity index (χ2v) is 2.83. The van der Waals surface area contributed by atoms with Crippen LogP contribution in [-0.4, -0.2) is 6.16 Å². The Bertz CT molecular complexity index is 80.0. The van der Waals surface area contributed by atoms with Crippen LogP contribution in [0.15, 0.2) is 22.9 Å². The Morgan fingerprint density at radius 3 is 1.78 bits per heavy atom. The molecule has 0 nitrogen and oxygen atoms in total. The maximum atomic E-state index is 2.58. The highest BCUT2D eigenvalue weighted by Gasteiger charge is 1.58. The largest absolute Gasteiger partial charge is 0.152 e. The first kappa shape index (κ1) is 12.5. The third-order valence-electron chi connectivity index (χ3n) is 0.425. The van der Waals surface area contributed by atoms with E-state index in [1.165, 1.54) is 6.16 Å². The van der Waals surface area contributed by atoms with E-state index in [9.17, 15) is 0 Å². The number of rotatable bonds is 0. The normalized spacial score (nSPS) is 6.44. The summed E-state index contributed by atoms with van der Waals surface area (Å²) >= 11 is 1.71. The zero-order chi connectivity index (χ0) is 6.24. The van der Waals surface area contributed by atoms with Crippen molar-refractivity contribution in [1.82, 2.24) is 0 Å². The van der Waals surface area contributed by atoms with Crippen molar-refractivity contribution in [3.8, 4) is 0 Å². The molecule has 0 saturated carbocycles. The van der Waals surface area contributed by atoms with Crippen molar-refractivity contribution in [1.29, 1.82) is 0 Å². The molecule has 0 radical (unpaired) electrons. The van der Waals surface area contributed by atoms with E-state index >= 15 is 0 Å². The zero-order valence-electron chi connectivity index (χ0n) is 5.41. The minimum atomic E-state index is 0. The lowest BCUT2D eigenvalue weighted by molar-refractivity contribution is 1.53. The summed E-state index contributed by atoms with van der Waals surface area (Å²) in [7, 11) is 2.58. The number of hydrogen-bond acceptors (Lipinski definition) is 1. The zero-order valence-corrected chi connectivity index (χ0v) is 9.71. The quantitative estimate of drug-likeness (QED) is 0.503. The van der Waals surface area contributed by atoms with Crippen molar-refractivity contribution in [2.45, 2.75) is 6.92 Å². The predicted octanol–water partition coefficient (Wildman–Crippen LogP) is 3.25. The molecule has 0 saturated heterocycles. The van der Waals surface area contributed by atoms with Crippen molar-refractivity contribution in [2.75, 3.05) is 6.16 Å². The predicted molar refractivity (Wildman–Crippen MR) is 60.0 cm³/mol. The number of hydrogen-bond donors (Lipinski definition) is 0. The molecule has 1 atom stereocenters. The smallest absolute Gasteiger partial charge is 0.00934 e. The molecule has 0 aromatic carbocycles. The van der Waals surface area contributed by atoms with Gasteiger partial charge in [-0.15, -0.1) is 33.2 Å². The van der Waals surface area contributed by atoms with Gasteiger partial charge in [-0.3, -0.25) is 0 Å². The molecule has 0 bridgehead atoms. The van der Waals surface area contributed by atoms with Crippen LogP contribution in [0.3, 0.4) is 0 Å². The maximum Gasteiger partial charge on any atom is -0.00934 e. The average molecular weight is 274 g/mol. The average Bonchev–Trinajstić information content (AvgIpc) is 2.17. The van der Waals surface area contributed by atoms with Crippen molar-refractivity contribution in [3.05, 3.63) is 22.9 Å². The third-order valence-corrected chi connectivity index (χ3v) is 1.05. The summed E-state index contributed by atoms with van der Waals surface area (Å²) in [5.41, 5.74) is 0. The molecule has 1 aromatic rings. The van der Waals surface area contributed by atoms with Crippen LogP contribution in [-0.2, 0) is 0 Å². The van der Waals surface area contributed by atoms with Crippen LogP contribution >= 0.6 is 44.6 Å². The minimum Gasteiger partial charge on any atom is -0.152 e. The standard InChI is InChI=1S/C4H4S.C2H7P.HI/c1-2-4-5-3-1;1-2-3;/h1-4H;2-3H2,1H3;1H. The van der Waals surface area contributed by atoms with Gasteiger partial charge in [0.05, 0.1) is 0 Å². The van der Waals surface area contributed by atoms with Gasteiger partial charge in [-0.05, 0) is 16.9 Å². The van der Waals surface area contributed by atoms with Crippen molar-refractivity contribution < 1.29 is 0 Å².